The lowest BCUT2D eigenvalue weighted by Gasteiger charge is -2.07. The lowest BCUT2D eigenvalue weighted by atomic mass is 10.1. The highest BCUT2D eigenvalue weighted by atomic mass is 16.5. The standard InChI is InChI=1S/C18H32N2O4/c1-4-5-6-7-8-9-10-11-12-13-14-24-18(23)17(22)20-19-16(21)15(2)3/h2,4-14H2,1,3H3,(H,19,21)(H,20,22). The molecule has 6 nitrogen and oxygen atoms in total. The van der Waals surface area contributed by atoms with Crippen LogP contribution in [0, 0.1) is 0 Å². The van der Waals surface area contributed by atoms with Crippen LogP contribution in [0.4, 0.5) is 0 Å². The number of rotatable bonds is 12. The molecule has 0 spiro atoms. The van der Waals surface area contributed by atoms with Crippen molar-refractivity contribution in [1.82, 2.24) is 10.9 Å². The summed E-state index contributed by atoms with van der Waals surface area (Å²) in [7, 11) is 0. The second-order valence-corrected chi connectivity index (χ2v) is 6.01. The van der Waals surface area contributed by atoms with Crippen molar-refractivity contribution in [3.05, 3.63) is 12.2 Å². The first-order valence-corrected chi connectivity index (χ1v) is 8.92. The lowest BCUT2D eigenvalue weighted by molar-refractivity contribution is -0.155. The molecule has 0 rings (SSSR count). The van der Waals surface area contributed by atoms with Gasteiger partial charge < -0.3 is 4.74 Å². The van der Waals surface area contributed by atoms with Gasteiger partial charge in [-0.05, 0) is 13.3 Å². The van der Waals surface area contributed by atoms with Crippen molar-refractivity contribution in [2.24, 2.45) is 0 Å². The van der Waals surface area contributed by atoms with Gasteiger partial charge in [-0.1, -0.05) is 71.3 Å². The Bertz CT molecular complexity index is 408. The fourth-order valence-corrected chi connectivity index (χ4v) is 2.09. The molecule has 0 fully saturated rings. The molecule has 0 saturated heterocycles. The van der Waals surface area contributed by atoms with E-state index >= 15 is 0 Å². The normalized spacial score (nSPS) is 10.1. The van der Waals surface area contributed by atoms with E-state index in [1.165, 1.54) is 51.9 Å². The summed E-state index contributed by atoms with van der Waals surface area (Å²) in [6.45, 7) is 7.34. The summed E-state index contributed by atoms with van der Waals surface area (Å²) in [5, 5.41) is 0. The Morgan fingerprint density at radius 3 is 1.75 bits per heavy atom. The molecular formula is C18H32N2O4. The fraction of sp³-hybridized carbons (Fsp3) is 0.722. The minimum Gasteiger partial charge on any atom is -0.459 e. The molecule has 0 aromatic carbocycles. The van der Waals surface area contributed by atoms with Gasteiger partial charge in [0, 0.05) is 5.57 Å². The zero-order valence-electron chi connectivity index (χ0n) is 15.1. The molecule has 2 amide bonds. The number of amides is 2. The second-order valence-electron chi connectivity index (χ2n) is 6.01. The SMILES string of the molecule is C=C(C)C(=O)NNC(=O)C(=O)OCCCCCCCCCCCC. The lowest BCUT2D eigenvalue weighted by Crippen LogP contribution is -2.45. The average Bonchev–Trinajstić information content (AvgIpc) is 2.56. The van der Waals surface area contributed by atoms with E-state index in [2.05, 4.69) is 18.9 Å². The van der Waals surface area contributed by atoms with Crippen molar-refractivity contribution in [3.8, 4) is 0 Å². The van der Waals surface area contributed by atoms with Gasteiger partial charge in [0.2, 0.25) is 0 Å². The van der Waals surface area contributed by atoms with Crippen molar-refractivity contribution in [2.75, 3.05) is 6.61 Å². The largest absolute Gasteiger partial charge is 0.459 e. The number of ether oxygens (including phenoxy) is 1. The van der Waals surface area contributed by atoms with Crippen LogP contribution in [-0.4, -0.2) is 24.4 Å². The summed E-state index contributed by atoms with van der Waals surface area (Å²) < 4.78 is 4.84. The van der Waals surface area contributed by atoms with E-state index in [-0.39, 0.29) is 12.2 Å². The number of carbonyl (C=O) groups is 3. The fourth-order valence-electron chi connectivity index (χ4n) is 2.09. The molecule has 0 bridgehead atoms. The van der Waals surface area contributed by atoms with Crippen molar-refractivity contribution >= 4 is 17.8 Å². The van der Waals surface area contributed by atoms with Crippen molar-refractivity contribution < 1.29 is 19.1 Å². The zero-order valence-corrected chi connectivity index (χ0v) is 15.1. The molecule has 138 valence electrons. The van der Waals surface area contributed by atoms with Gasteiger partial charge >= 0.3 is 11.9 Å². The van der Waals surface area contributed by atoms with Gasteiger partial charge in [0.05, 0.1) is 6.61 Å². The van der Waals surface area contributed by atoms with E-state index in [1.54, 1.807) is 0 Å². The van der Waals surface area contributed by atoms with E-state index in [0.29, 0.717) is 0 Å². The Kier molecular flexibility index (Phi) is 13.6. The molecule has 0 aromatic rings. The summed E-state index contributed by atoms with van der Waals surface area (Å²) in [4.78, 5) is 33.9. The average molecular weight is 340 g/mol. The molecule has 0 saturated carbocycles. The molecule has 2 N–H and O–H groups in total. The van der Waals surface area contributed by atoms with Crippen LogP contribution in [0.5, 0.6) is 0 Å². The summed E-state index contributed by atoms with van der Waals surface area (Å²) in [5.74, 6) is -2.53. The zero-order chi connectivity index (χ0) is 18.2. The van der Waals surface area contributed by atoms with E-state index in [4.69, 9.17) is 4.74 Å². The highest BCUT2D eigenvalue weighted by Gasteiger charge is 2.15. The van der Waals surface area contributed by atoms with E-state index in [9.17, 15) is 14.4 Å². The van der Waals surface area contributed by atoms with Gasteiger partial charge in [0.1, 0.15) is 0 Å². The van der Waals surface area contributed by atoms with Gasteiger partial charge in [-0.3, -0.25) is 20.4 Å². The monoisotopic (exact) mass is 340 g/mol. The van der Waals surface area contributed by atoms with Crippen molar-refractivity contribution in [1.29, 1.82) is 0 Å². The number of hydrazine groups is 1. The first-order chi connectivity index (χ1) is 11.5. The molecule has 0 unspecified atom stereocenters. The number of carbonyl (C=O) groups excluding carboxylic acids is 3. The van der Waals surface area contributed by atoms with Gasteiger partial charge in [-0.15, -0.1) is 0 Å². The van der Waals surface area contributed by atoms with Gasteiger partial charge in [-0.25, -0.2) is 4.79 Å². The second kappa shape index (κ2) is 14.7. The molecule has 6 heteroatoms. The molecule has 24 heavy (non-hydrogen) atoms. The molecule has 0 atom stereocenters. The van der Waals surface area contributed by atoms with Crippen LogP contribution < -0.4 is 10.9 Å². The van der Waals surface area contributed by atoms with Crippen LogP contribution >= 0.6 is 0 Å². The van der Waals surface area contributed by atoms with Gasteiger partial charge in [0.25, 0.3) is 5.91 Å². The van der Waals surface area contributed by atoms with Crippen molar-refractivity contribution in [3.63, 3.8) is 0 Å². The minimum atomic E-state index is -0.993. The van der Waals surface area contributed by atoms with Crippen LogP contribution in [0.1, 0.15) is 78.1 Å². The van der Waals surface area contributed by atoms with Crippen LogP contribution in [0.25, 0.3) is 0 Å². The third kappa shape index (κ3) is 12.7. The van der Waals surface area contributed by atoms with Gasteiger partial charge in [0.15, 0.2) is 0 Å². The number of esters is 1. The molecule has 0 heterocycles. The topological polar surface area (TPSA) is 84.5 Å². The quantitative estimate of drug-likeness (QED) is 0.188. The Morgan fingerprint density at radius 1 is 0.792 bits per heavy atom. The minimum absolute atomic E-state index is 0.219. The molecule has 0 aliphatic carbocycles. The summed E-state index contributed by atoms with van der Waals surface area (Å²) >= 11 is 0. The summed E-state index contributed by atoms with van der Waals surface area (Å²) in [6, 6.07) is 0. The molecular weight excluding hydrogens is 308 g/mol. The highest BCUT2D eigenvalue weighted by molar-refractivity contribution is 6.32. The van der Waals surface area contributed by atoms with Crippen LogP contribution in [0.15, 0.2) is 12.2 Å². The maximum Gasteiger partial charge on any atom is 0.398 e. The summed E-state index contributed by atoms with van der Waals surface area (Å²) in [5.41, 5.74) is 4.28. The predicted octanol–water partition coefficient (Wildman–Crippen LogP) is 3.17. The third-order valence-electron chi connectivity index (χ3n) is 3.59. The first-order valence-electron chi connectivity index (χ1n) is 8.92. The summed E-state index contributed by atoms with van der Waals surface area (Å²) in [6.07, 6.45) is 11.9. The Labute approximate surface area is 145 Å². The Balaban J connectivity index is 3.47. The van der Waals surface area contributed by atoms with Crippen LogP contribution in [-0.2, 0) is 19.1 Å². The third-order valence-corrected chi connectivity index (χ3v) is 3.59. The predicted molar refractivity (Wildman–Crippen MR) is 93.9 cm³/mol. The maximum atomic E-state index is 11.4. The highest BCUT2D eigenvalue weighted by Crippen LogP contribution is 2.10. The maximum absolute atomic E-state index is 11.4. The van der Waals surface area contributed by atoms with E-state index in [0.717, 1.165) is 19.3 Å². The number of unbranched alkanes of at least 4 members (excludes halogenated alkanes) is 9. The van der Waals surface area contributed by atoms with Crippen LogP contribution in [0.3, 0.4) is 0 Å². The first kappa shape index (κ1) is 22.1. The van der Waals surface area contributed by atoms with Crippen LogP contribution in [0.2, 0.25) is 0 Å². The number of hydrogen-bond acceptors (Lipinski definition) is 4. The molecule has 0 aromatic heterocycles. The Morgan fingerprint density at radius 2 is 1.25 bits per heavy atom. The van der Waals surface area contributed by atoms with E-state index < -0.39 is 17.8 Å². The van der Waals surface area contributed by atoms with Crippen molar-refractivity contribution in [2.45, 2.75) is 78.1 Å². The smallest absolute Gasteiger partial charge is 0.398 e. The van der Waals surface area contributed by atoms with Gasteiger partial charge in [-0.2, -0.15) is 0 Å². The molecule has 0 aliphatic rings. The number of hydrogen-bond donors (Lipinski definition) is 2. The Hall–Kier alpha value is -1.85. The number of nitrogens with one attached hydrogen (secondary N) is 2. The van der Waals surface area contributed by atoms with E-state index in [1.807, 2.05) is 5.43 Å². The molecule has 0 radical (unpaired) electrons. The molecule has 0 aliphatic heterocycles.